The van der Waals surface area contributed by atoms with Crippen LogP contribution in [0.3, 0.4) is 0 Å². The SMILES string of the molecule is [2H]c1c([2H])c([2H])c(-c2nc(-c3c([2H])c([2H])c([2H])c([2H])c3[2H])nc(-n3c4c([2H])c([2H])c([2H])c([2H])c4c4c([2H])c([2H])c5c6c([2H])c([2H])c([2H])c([2H])c6n(-c6c([2H])c([2H])c([2H])c7oc8c([2H])c(-c9c([2H])c([2H])c([2H])c([2H])c9[2H])c([2H])c([2H])c8c67)c5c43)n2)c([2H])c1[2H]. The number of hydrogen-bond acceptors (Lipinski definition) is 4. The van der Waals surface area contributed by atoms with E-state index in [9.17, 15) is 16.4 Å². The molecule has 0 saturated carbocycles. The lowest BCUT2D eigenvalue weighted by Gasteiger charge is -2.14. The Morgan fingerprint density at radius 3 is 1.54 bits per heavy atom. The van der Waals surface area contributed by atoms with Crippen molar-refractivity contribution in [2.75, 3.05) is 0 Å². The molecule has 0 aliphatic heterocycles. The van der Waals surface area contributed by atoms with Gasteiger partial charge in [0.1, 0.15) is 11.2 Å². The molecule has 12 rings (SSSR count). The lowest BCUT2D eigenvalue weighted by Crippen LogP contribution is -2.07. The van der Waals surface area contributed by atoms with Crippen LogP contribution >= 0.6 is 0 Å². The van der Waals surface area contributed by atoms with E-state index in [2.05, 4.69) is 15.0 Å². The first kappa shape index (κ1) is 13.7. The van der Waals surface area contributed by atoms with E-state index in [1.54, 1.807) is 0 Å². The van der Waals surface area contributed by atoms with Gasteiger partial charge in [-0.2, -0.15) is 9.97 Å². The van der Waals surface area contributed by atoms with E-state index >= 15 is 0 Å². The third-order valence-electron chi connectivity index (χ3n) is 9.04. The highest BCUT2D eigenvalue weighted by Crippen LogP contribution is 2.44. The summed E-state index contributed by atoms with van der Waals surface area (Å²) in [5.41, 5.74) is -8.20. The van der Waals surface area contributed by atoms with Gasteiger partial charge in [0.2, 0.25) is 5.95 Å². The van der Waals surface area contributed by atoms with Crippen LogP contribution in [0.15, 0.2) is 192 Å². The molecule has 0 spiro atoms. The van der Waals surface area contributed by atoms with Crippen LogP contribution in [0.2, 0.25) is 0 Å². The van der Waals surface area contributed by atoms with Crippen LogP contribution in [0.4, 0.5) is 0 Å². The molecule has 4 heterocycles. The molecule has 0 fully saturated rings. The molecule has 6 heteroatoms. The molecule has 0 atom stereocenters. The standard InChI is InChI=1S/C51H31N5O/c1-4-15-32(16-5-1)35-27-28-40-45(31-35)57-44-26-14-25-43(46(40)44)55-41-23-12-10-21-36(41)38-29-30-39-37-22-11-13-24-42(37)56(48(39)47(38)55)51-53-49(33-17-6-2-7-18-33)52-50(54-51)34-19-8-3-9-20-34/h1-31H/i1D,2D,3D,4D,5D,6D,7D,8D,9D,10D,11D,12D,13D,14D,15D,16D,17D,18D,19D,20D,21D,22D,23D,24D,25D,26D,27D,28D,29D,30D,31D. The molecule has 0 radical (unpaired) electrons. The second kappa shape index (κ2) is 12.3. The molecule has 0 bridgehead atoms. The summed E-state index contributed by atoms with van der Waals surface area (Å²) in [6, 6.07) is -29.4. The Kier molecular flexibility index (Phi) is 2.97. The Hall–Kier alpha value is -7.83. The van der Waals surface area contributed by atoms with Crippen molar-refractivity contribution in [1.82, 2.24) is 24.1 Å². The van der Waals surface area contributed by atoms with Crippen LogP contribution < -0.4 is 0 Å². The highest BCUT2D eigenvalue weighted by atomic mass is 16.3. The summed E-state index contributed by atoms with van der Waals surface area (Å²) in [5, 5.41) is -3.85. The van der Waals surface area contributed by atoms with Crippen molar-refractivity contribution in [1.29, 1.82) is 0 Å². The predicted octanol–water partition coefficient (Wildman–Crippen LogP) is 13.0. The first-order chi connectivity index (χ1) is 41.2. The summed E-state index contributed by atoms with van der Waals surface area (Å²) in [4.78, 5) is 13.4. The Morgan fingerprint density at radius 1 is 0.386 bits per heavy atom. The van der Waals surface area contributed by atoms with Crippen LogP contribution in [0.1, 0.15) is 42.5 Å². The van der Waals surface area contributed by atoms with Crippen molar-refractivity contribution in [3.63, 3.8) is 0 Å². The van der Waals surface area contributed by atoms with Gasteiger partial charge in [-0.1, -0.05) is 151 Å². The predicted molar refractivity (Wildman–Crippen MR) is 232 cm³/mol. The maximum Gasteiger partial charge on any atom is 0.238 e. The van der Waals surface area contributed by atoms with Gasteiger partial charge in [-0.05, 0) is 47.4 Å². The van der Waals surface area contributed by atoms with Crippen LogP contribution in [0.5, 0.6) is 0 Å². The Bertz CT molecular complexity index is 5190. The second-order valence-corrected chi connectivity index (χ2v) is 12.1. The van der Waals surface area contributed by atoms with E-state index < -0.39 is 298 Å². The molecule has 0 amide bonds. The number of para-hydroxylation sites is 2. The quantitative estimate of drug-likeness (QED) is 0.175. The highest BCUT2D eigenvalue weighted by Gasteiger charge is 2.25. The van der Waals surface area contributed by atoms with Gasteiger partial charge < -0.3 is 8.98 Å². The molecule has 0 N–H and O–H groups in total. The minimum Gasteiger partial charge on any atom is -0.456 e. The van der Waals surface area contributed by atoms with Gasteiger partial charge in [0.05, 0.1) is 75.6 Å². The lowest BCUT2D eigenvalue weighted by atomic mass is 10.0. The molecular formula is C51H31N5O. The summed E-state index contributed by atoms with van der Waals surface area (Å²) < 4.78 is 287. The zero-order valence-corrected chi connectivity index (χ0v) is 28.1. The number of fused-ring (bicyclic) bond motifs is 10. The van der Waals surface area contributed by atoms with Crippen molar-refractivity contribution >= 4 is 65.6 Å². The summed E-state index contributed by atoms with van der Waals surface area (Å²) in [7, 11) is 0. The Balaban J connectivity index is 1.40. The van der Waals surface area contributed by atoms with Crippen LogP contribution in [0, 0.1) is 0 Å². The number of furan rings is 1. The molecule has 0 aliphatic carbocycles. The molecular weight excluding hydrogens is 699 g/mol. The summed E-state index contributed by atoms with van der Waals surface area (Å²) in [6.45, 7) is 0. The molecule has 6 nitrogen and oxygen atoms in total. The molecule has 57 heavy (non-hydrogen) atoms. The number of benzene rings is 8. The summed E-state index contributed by atoms with van der Waals surface area (Å²) >= 11 is 0. The van der Waals surface area contributed by atoms with Gasteiger partial charge in [0.15, 0.2) is 11.6 Å². The smallest absolute Gasteiger partial charge is 0.238 e. The normalized spacial score (nSPS) is 19.5. The van der Waals surface area contributed by atoms with E-state index in [-0.39, 0.29) is 0 Å². The summed E-state index contributed by atoms with van der Waals surface area (Å²) in [5.74, 6) is -2.79. The fourth-order valence-corrected chi connectivity index (χ4v) is 6.75. The minimum atomic E-state index is -1.05. The molecule has 0 aliphatic rings. The minimum absolute atomic E-state index is 0.633. The van der Waals surface area contributed by atoms with E-state index in [0.29, 0.717) is 0 Å². The topological polar surface area (TPSA) is 61.7 Å². The fourth-order valence-electron chi connectivity index (χ4n) is 6.75. The largest absolute Gasteiger partial charge is 0.456 e. The van der Waals surface area contributed by atoms with Gasteiger partial charge >= 0.3 is 0 Å². The van der Waals surface area contributed by atoms with Crippen molar-refractivity contribution < 1.29 is 46.9 Å². The number of hydrogen-bond donors (Lipinski definition) is 0. The third-order valence-corrected chi connectivity index (χ3v) is 9.04. The van der Waals surface area contributed by atoms with Crippen molar-refractivity contribution in [3.8, 4) is 45.5 Å². The van der Waals surface area contributed by atoms with Gasteiger partial charge in [-0.25, -0.2) is 4.98 Å². The highest BCUT2D eigenvalue weighted by molar-refractivity contribution is 6.24. The monoisotopic (exact) mass is 760 g/mol. The molecule has 12 aromatic rings. The van der Waals surface area contributed by atoms with E-state index in [0.717, 1.165) is 9.13 Å². The molecule has 0 unspecified atom stereocenters. The molecule has 4 aromatic heterocycles. The zero-order valence-electron chi connectivity index (χ0n) is 59.1. The number of rotatable bonds is 5. The number of nitrogens with zero attached hydrogens (tertiary/aromatic N) is 5. The van der Waals surface area contributed by atoms with Crippen LogP contribution in [0.25, 0.3) is 111 Å². The van der Waals surface area contributed by atoms with Crippen LogP contribution in [-0.4, -0.2) is 24.1 Å². The third kappa shape index (κ3) is 4.81. The first-order valence-electron chi connectivity index (χ1n) is 32.1. The van der Waals surface area contributed by atoms with Crippen molar-refractivity contribution in [2.24, 2.45) is 0 Å². The van der Waals surface area contributed by atoms with Crippen molar-refractivity contribution in [2.45, 2.75) is 0 Å². The number of aromatic nitrogens is 5. The van der Waals surface area contributed by atoms with Gasteiger partial charge in [-0.15, -0.1) is 0 Å². The fraction of sp³-hybridized carbons (Fsp3) is 0. The Labute approximate surface area is 370 Å². The van der Waals surface area contributed by atoms with E-state index in [1.165, 1.54) is 0 Å². The summed E-state index contributed by atoms with van der Waals surface area (Å²) in [6.07, 6.45) is 0. The molecule has 266 valence electrons. The first-order valence-corrected chi connectivity index (χ1v) is 16.6. The Morgan fingerprint density at radius 2 is 0.912 bits per heavy atom. The van der Waals surface area contributed by atoms with E-state index in [4.69, 9.17) is 30.5 Å². The maximum atomic E-state index is 9.84. The maximum absolute atomic E-state index is 9.84. The van der Waals surface area contributed by atoms with Gasteiger partial charge in [0, 0.05) is 38.1 Å². The molecule has 8 aromatic carbocycles. The van der Waals surface area contributed by atoms with Crippen LogP contribution in [-0.2, 0) is 0 Å². The van der Waals surface area contributed by atoms with Crippen molar-refractivity contribution in [3.05, 3.63) is 187 Å². The lowest BCUT2D eigenvalue weighted by molar-refractivity contribution is 0.669. The zero-order chi connectivity index (χ0) is 64.4. The van der Waals surface area contributed by atoms with Gasteiger partial charge in [-0.3, -0.25) is 4.57 Å². The average Bonchev–Trinajstić information content (AvgIpc) is 1.52. The second-order valence-electron chi connectivity index (χ2n) is 12.1. The molecule has 0 saturated heterocycles. The van der Waals surface area contributed by atoms with Gasteiger partial charge in [0.25, 0.3) is 0 Å². The average molecular weight is 761 g/mol. The van der Waals surface area contributed by atoms with E-state index in [1.807, 2.05) is 0 Å².